The van der Waals surface area contributed by atoms with E-state index < -0.39 is 0 Å². The number of aliphatic hydroxyl groups is 1. The second-order valence-electron chi connectivity index (χ2n) is 5.45. The molecule has 2 aliphatic rings. The average molecular weight is 212 g/mol. The van der Waals surface area contributed by atoms with Crippen LogP contribution < -0.4 is 0 Å². The lowest BCUT2D eigenvalue weighted by atomic mass is 9.75. The lowest BCUT2D eigenvalue weighted by Gasteiger charge is -2.39. The first-order valence-electron chi connectivity index (χ1n) is 6.53. The summed E-state index contributed by atoms with van der Waals surface area (Å²) in [6.07, 6.45) is 7.99. The maximum absolute atomic E-state index is 9.38. The van der Waals surface area contributed by atoms with Crippen LogP contribution >= 0.6 is 0 Å². The highest BCUT2D eigenvalue weighted by Gasteiger charge is 2.34. The van der Waals surface area contributed by atoms with Crippen LogP contribution in [0.15, 0.2) is 0 Å². The third-order valence-corrected chi connectivity index (χ3v) is 4.17. The van der Waals surface area contributed by atoms with E-state index in [1.807, 2.05) is 0 Å². The molecule has 1 N–H and O–H groups in total. The number of rotatable bonds is 2. The molecule has 2 heteroatoms. The second-order valence-corrected chi connectivity index (χ2v) is 5.45. The van der Waals surface area contributed by atoms with Gasteiger partial charge in [-0.1, -0.05) is 19.8 Å². The Labute approximate surface area is 93.0 Å². The van der Waals surface area contributed by atoms with Gasteiger partial charge >= 0.3 is 0 Å². The zero-order valence-corrected chi connectivity index (χ0v) is 9.82. The fourth-order valence-electron chi connectivity index (χ4n) is 3.36. The lowest BCUT2D eigenvalue weighted by Crippen LogP contribution is -2.39. The van der Waals surface area contributed by atoms with Gasteiger partial charge in [0.15, 0.2) is 0 Å². The predicted molar refractivity (Wildman–Crippen MR) is 60.7 cm³/mol. The van der Waals surface area contributed by atoms with E-state index in [-0.39, 0.29) is 0 Å². The first-order valence-corrected chi connectivity index (χ1v) is 6.53. The Morgan fingerprint density at radius 1 is 1.20 bits per heavy atom. The van der Waals surface area contributed by atoms with E-state index in [4.69, 9.17) is 4.74 Å². The van der Waals surface area contributed by atoms with Crippen molar-refractivity contribution in [1.82, 2.24) is 0 Å². The fourth-order valence-corrected chi connectivity index (χ4v) is 3.36. The number of hydrogen-bond acceptors (Lipinski definition) is 2. The van der Waals surface area contributed by atoms with E-state index in [1.165, 1.54) is 25.7 Å². The molecule has 1 saturated heterocycles. The van der Waals surface area contributed by atoms with Crippen molar-refractivity contribution >= 4 is 0 Å². The molecule has 0 bridgehead atoms. The van der Waals surface area contributed by atoms with Crippen LogP contribution in [0.4, 0.5) is 0 Å². The molecule has 2 fully saturated rings. The molecule has 0 radical (unpaired) electrons. The molecular weight excluding hydrogens is 188 g/mol. The summed E-state index contributed by atoms with van der Waals surface area (Å²) in [5.41, 5.74) is 0. The molecule has 1 saturated carbocycles. The van der Waals surface area contributed by atoms with Crippen molar-refractivity contribution < 1.29 is 9.84 Å². The topological polar surface area (TPSA) is 29.5 Å². The number of aliphatic hydroxyl groups excluding tert-OH is 1. The molecule has 2 rings (SSSR count). The van der Waals surface area contributed by atoms with Crippen LogP contribution in [0.5, 0.6) is 0 Å². The molecular formula is C13H24O2. The standard InChI is InChI=1S/C13H24O2/c1-10-4-2-5-11(8-10)13-12(9-14)6-3-7-15-13/h10-14H,2-9H2,1H3. The molecule has 88 valence electrons. The van der Waals surface area contributed by atoms with Gasteiger partial charge in [-0.2, -0.15) is 0 Å². The van der Waals surface area contributed by atoms with Gasteiger partial charge in [-0.15, -0.1) is 0 Å². The van der Waals surface area contributed by atoms with Crippen LogP contribution in [0.2, 0.25) is 0 Å². The normalized spacial score (nSPS) is 42.8. The maximum atomic E-state index is 9.38. The van der Waals surface area contributed by atoms with Gasteiger partial charge in [0.2, 0.25) is 0 Å². The smallest absolute Gasteiger partial charge is 0.0653 e. The summed E-state index contributed by atoms with van der Waals surface area (Å²) in [5.74, 6) is 1.98. The summed E-state index contributed by atoms with van der Waals surface area (Å²) in [4.78, 5) is 0. The van der Waals surface area contributed by atoms with E-state index in [1.54, 1.807) is 0 Å². The maximum Gasteiger partial charge on any atom is 0.0653 e. The average Bonchev–Trinajstić information content (AvgIpc) is 2.29. The Hall–Kier alpha value is -0.0800. The van der Waals surface area contributed by atoms with Gasteiger partial charge in [0.1, 0.15) is 0 Å². The van der Waals surface area contributed by atoms with Gasteiger partial charge in [0.25, 0.3) is 0 Å². The van der Waals surface area contributed by atoms with Gasteiger partial charge in [-0.05, 0) is 37.5 Å². The highest BCUT2D eigenvalue weighted by molar-refractivity contribution is 4.84. The Morgan fingerprint density at radius 3 is 2.80 bits per heavy atom. The van der Waals surface area contributed by atoms with Crippen molar-refractivity contribution in [3.05, 3.63) is 0 Å². The van der Waals surface area contributed by atoms with Crippen LogP contribution in [0.25, 0.3) is 0 Å². The predicted octanol–water partition coefficient (Wildman–Crippen LogP) is 2.60. The summed E-state index contributed by atoms with van der Waals surface area (Å²) in [6.45, 7) is 3.57. The quantitative estimate of drug-likeness (QED) is 0.762. The number of ether oxygens (including phenoxy) is 1. The highest BCUT2D eigenvalue weighted by atomic mass is 16.5. The van der Waals surface area contributed by atoms with E-state index in [0.29, 0.717) is 24.5 Å². The molecule has 2 nitrogen and oxygen atoms in total. The summed E-state index contributed by atoms with van der Waals surface area (Å²) in [5, 5.41) is 9.38. The molecule has 1 heterocycles. The monoisotopic (exact) mass is 212 g/mol. The minimum Gasteiger partial charge on any atom is -0.396 e. The van der Waals surface area contributed by atoms with Gasteiger partial charge in [-0.3, -0.25) is 0 Å². The largest absolute Gasteiger partial charge is 0.396 e. The molecule has 4 atom stereocenters. The minimum atomic E-state index is 0.315. The molecule has 15 heavy (non-hydrogen) atoms. The van der Waals surface area contributed by atoms with Crippen LogP contribution in [-0.2, 0) is 4.74 Å². The van der Waals surface area contributed by atoms with Crippen molar-refractivity contribution in [1.29, 1.82) is 0 Å². The zero-order chi connectivity index (χ0) is 10.7. The Bertz CT molecular complexity index is 193. The first-order chi connectivity index (χ1) is 7.31. The third-order valence-electron chi connectivity index (χ3n) is 4.17. The molecule has 0 amide bonds. The summed E-state index contributed by atoms with van der Waals surface area (Å²) < 4.78 is 5.91. The van der Waals surface area contributed by atoms with Crippen molar-refractivity contribution in [2.75, 3.05) is 13.2 Å². The van der Waals surface area contributed by atoms with Gasteiger partial charge in [0.05, 0.1) is 6.10 Å². The molecule has 0 aromatic carbocycles. The van der Waals surface area contributed by atoms with Crippen molar-refractivity contribution in [2.45, 2.75) is 51.6 Å². The van der Waals surface area contributed by atoms with Crippen LogP contribution in [0.1, 0.15) is 45.4 Å². The fraction of sp³-hybridized carbons (Fsp3) is 1.00. The van der Waals surface area contributed by atoms with Gasteiger partial charge in [0, 0.05) is 19.1 Å². The summed E-state index contributed by atoms with van der Waals surface area (Å²) in [6, 6.07) is 0. The Balaban J connectivity index is 1.94. The van der Waals surface area contributed by atoms with Gasteiger partial charge in [-0.25, -0.2) is 0 Å². The Morgan fingerprint density at radius 2 is 2.07 bits per heavy atom. The van der Waals surface area contributed by atoms with Crippen molar-refractivity contribution in [3.63, 3.8) is 0 Å². The minimum absolute atomic E-state index is 0.315. The van der Waals surface area contributed by atoms with Crippen LogP contribution in [0.3, 0.4) is 0 Å². The molecule has 0 spiro atoms. The molecule has 1 aliphatic heterocycles. The Kier molecular flexibility index (Phi) is 4.04. The van der Waals surface area contributed by atoms with E-state index in [0.717, 1.165) is 25.4 Å². The molecule has 0 aromatic heterocycles. The van der Waals surface area contributed by atoms with Crippen LogP contribution in [-0.4, -0.2) is 24.4 Å². The lowest BCUT2D eigenvalue weighted by molar-refractivity contribution is -0.0854. The van der Waals surface area contributed by atoms with E-state index in [2.05, 4.69) is 6.92 Å². The summed E-state index contributed by atoms with van der Waals surface area (Å²) in [7, 11) is 0. The van der Waals surface area contributed by atoms with Gasteiger partial charge < -0.3 is 9.84 Å². The van der Waals surface area contributed by atoms with Crippen molar-refractivity contribution in [2.24, 2.45) is 17.8 Å². The van der Waals surface area contributed by atoms with Crippen LogP contribution in [0, 0.1) is 17.8 Å². The molecule has 4 unspecified atom stereocenters. The van der Waals surface area contributed by atoms with E-state index >= 15 is 0 Å². The summed E-state index contributed by atoms with van der Waals surface area (Å²) >= 11 is 0. The SMILES string of the molecule is CC1CCCC(C2OCCCC2CO)C1. The van der Waals surface area contributed by atoms with Crippen molar-refractivity contribution in [3.8, 4) is 0 Å². The highest BCUT2D eigenvalue weighted by Crippen LogP contribution is 2.37. The second kappa shape index (κ2) is 5.31. The molecule has 1 aliphatic carbocycles. The van der Waals surface area contributed by atoms with E-state index in [9.17, 15) is 5.11 Å². The number of hydrogen-bond donors (Lipinski definition) is 1. The first kappa shape index (κ1) is 11.4. The third kappa shape index (κ3) is 2.73. The zero-order valence-electron chi connectivity index (χ0n) is 9.82. The molecule has 0 aromatic rings.